The molecule has 18 heteroatoms. The van der Waals surface area contributed by atoms with Crippen LogP contribution in [0.2, 0.25) is 0 Å². The second kappa shape index (κ2) is 97.4. The van der Waals surface area contributed by atoms with Gasteiger partial charge in [0.05, 0.1) is 26.4 Å². The molecule has 0 aliphatic carbocycles. The number of unbranched alkanes of at least 4 members (excludes halogenated alkanes) is 38. The summed E-state index contributed by atoms with van der Waals surface area (Å²) in [6.07, 6.45) is 131. The number of rotatable bonds is 93. The number of ether oxygens (including phenoxy) is 3. The predicted octanol–water partition coefficient (Wildman–Crippen LogP) is 31.3. The molecule has 0 aromatic rings. The summed E-state index contributed by atoms with van der Waals surface area (Å²) < 4.78 is 61.6. The van der Waals surface area contributed by atoms with Crippen LogP contribution in [0.3, 0.4) is 0 Å². The number of phosphoric acid groups is 2. The first-order valence-electron chi connectivity index (χ1n) is 49.7. The van der Waals surface area contributed by atoms with Crippen LogP contribution in [0.15, 0.2) is 194 Å². The molecule has 0 bridgehead atoms. The standard InChI is InChI=1S/C107H180O16P2/c1-4-7-10-13-16-19-22-25-28-31-34-37-40-43-45-47-48-49-50-51-52-54-56-58-60-63-66-69-72-75-78-81-84-87-90-93-105(110)117-96-102(108)97-119-124(113,114)120-98-103(109)99-121-125(115,116)122-101-104(123-107(112)95-92-89-86-83-80-77-74-71-68-65-62-57-42-39-36-33-30-27-24-21-18-15-12-9-6-3)100-118-106(111)94-91-88-85-82-79-76-73-70-67-64-61-59-55-53-46-44-41-38-35-32-29-26-23-20-17-14-11-8-5-2/h7-12,16-21,25-30,34-39,43-46,55,57,59,62,102-104,108-109H,4-6,13-15,22-24,31-33,40-42,47-54,56,58,60-61,63-101H2,1-3H3,(H,113,114)(H,115,116)/b10-7-,11-8-,12-9-,19-16-,20-17-,21-18-,28-25-,29-26-,30-27-,37-34-,38-35-,39-36-,45-43-,46-44-,59-55-,62-57-. The Morgan fingerprint density at radius 3 is 0.632 bits per heavy atom. The highest BCUT2D eigenvalue weighted by Crippen LogP contribution is 2.45. The summed E-state index contributed by atoms with van der Waals surface area (Å²) >= 11 is 0. The van der Waals surface area contributed by atoms with E-state index >= 15 is 0 Å². The van der Waals surface area contributed by atoms with E-state index in [4.69, 9.17) is 32.3 Å². The fourth-order valence-corrected chi connectivity index (χ4v) is 15.0. The summed E-state index contributed by atoms with van der Waals surface area (Å²) in [5, 5.41) is 20.8. The zero-order valence-electron chi connectivity index (χ0n) is 79.0. The van der Waals surface area contributed by atoms with Crippen molar-refractivity contribution < 1.29 is 75.8 Å². The number of hydrogen-bond donors (Lipinski definition) is 4. The van der Waals surface area contributed by atoms with Crippen molar-refractivity contribution in [2.75, 3.05) is 39.6 Å². The first kappa shape index (κ1) is 119. The Balaban J connectivity index is 4.59. The molecule has 0 aliphatic rings. The van der Waals surface area contributed by atoms with Crippen LogP contribution in [-0.2, 0) is 55.8 Å². The second-order valence-corrected chi connectivity index (χ2v) is 35.7. The Labute approximate surface area is 763 Å². The van der Waals surface area contributed by atoms with Gasteiger partial charge in [0.25, 0.3) is 0 Å². The molecule has 0 aliphatic heterocycles. The molecule has 0 rings (SSSR count). The highest BCUT2D eigenvalue weighted by atomic mass is 31.2. The van der Waals surface area contributed by atoms with E-state index in [0.29, 0.717) is 19.3 Å². The van der Waals surface area contributed by atoms with Crippen molar-refractivity contribution in [2.24, 2.45) is 0 Å². The Morgan fingerprint density at radius 1 is 0.224 bits per heavy atom. The minimum atomic E-state index is -4.95. The first-order chi connectivity index (χ1) is 61.2. The van der Waals surface area contributed by atoms with Crippen molar-refractivity contribution in [1.29, 1.82) is 0 Å². The van der Waals surface area contributed by atoms with E-state index in [-0.39, 0.29) is 19.3 Å². The van der Waals surface area contributed by atoms with Gasteiger partial charge in [0, 0.05) is 19.3 Å². The Kier molecular flexibility index (Phi) is 93.1. The zero-order valence-corrected chi connectivity index (χ0v) is 80.7. The van der Waals surface area contributed by atoms with E-state index in [2.05, 4.69) is 215 Å². The third-order valence-electron chi connectivity index (χ3n) is 20.8. The summed E-state index contributed by atoms with van der Waals surface area (Å²) in [7, 11) is -9.82. The lowest BCUT2D eigenvalue weighted by molar-refractivity contribution is -0.161. The van der Waals surface area contributed by atoms with Crippen LogP contribution in [0.1, 0.15) is 406 Å². The minimum absolute atomic E-state index is 0.0905. The molecule has 0 aromatic heterocycles. The Bertz CT molecular complexity index is 3050. The van der Waals surface area contributed by atoms with Gasteiger partial charge in [-0.3, -0.25) is 32.5 Å². The van der Waals surface area contributed by atoms with Crippen molar-refractivity contribution in [3.63, 3.8) is 0 Å². The minimum Gasteiger partial charge on any atom is -0.463 e. The van der Waals surface area contributed by atoms with Gasteiger partial charge in [0.1, 0.15) is 25.4 Å². The number of aliphatic hydroxyl groups is 2. The molecule has 0 saturated carbocycles. The first-order valence-corrected chi connectivity index (χ1v) is 52.7. The summed E-state index contributed by atoms with van der Waals surface area (Å²) in [6, 6.07) is 0. The van der Waals surface area contributed by atoms with Gasteiger partial charge in [-0.25, -0.2) is 9.13 Å². The largest absolute Gasteiger partial charge is 0.472 e. The van der Waals surface area contributed by atoms with Crippen molar-refractivity contribution in [3.05, 3.63) is 194 Å². The normalized spacial score (nSPS) is 14.5. The van der Waals surface area contributed by atoms with Gasteiger partial charge >= 0.3 is 33.6 Å². The number of aliphatic hydroxyl groups excluding tert-OH is 2. The van der Waals surface area contributed by atoms with E-state index in [1.54, 1.807) is 0 Å². The van der Waals surface area contributed by atoms with E-state index < -0.39 is 91.5 Å². The van der Waals surface area contributed by atoms with Gasteiger partial charge in [0.15, 0.2) is 6.10 Å². The third-order valence-corrected chi connectivity index (χ3v) is 22.7. The molecule has 0 amide bonds. The quantitative estimate of drug-likeness (QED) is 0.0146. The monoisotopic (exact) mass is 1780 g/mol. The average Bonchev–Trinajstić information content (AvgIpc) is 0.909. The van der Waals surface area contributed by atoms with Crippen LogP contribution in [0.5, 0.6) is 0 Å². The molecule has 5 atom stereocenters. The number of carbonyl (C=O) groups is 3. The van der Waals surface area contributed by atoms with E-state index in [0.717, 1.165) is 186 Å². The lowest BCUT2D eigenvalue weighted by atomic mass is 10.0. The maximum atomic E-state index is 13.1. The summed E-state index contributed by atoms with van der Waals surface area (Å²) in [6.45, 7) is 2.38. The van der Waals surface area contributed by atoms with Gasteiger partial charge in [-0.1, -0.05) is 421 Å². The van der Waals surface area contributed by atoms with Crippen molar-refractivity contribution in [2.45, 2.75) is 424 Å². The molecule has 125 heavy (non-hydrogen) atoms. The molecule has 4 N–H and O–H groups in total. The van der Waals surface area contributed by atoms with Crippen LogP contribution in [0, 0.1) is 0 Å². The molecule has 0 radical (unpaired) electrons. The highest BCUT2D eigenvalue weighted by Gasteiger charge is 2.30. The fraction of sp³-hybridized carbons (Fsp3) is 0.673. The van der Waals surface area contributed by atoms with Crippen molar-refractivity contribution in [1.82, 2.24) is 0 Å². The summed E-state index contributed by atoms with van der Waals surface area (Å²) in [5.41, 5.74) is 0. The predicted molar refractivity (Wildman–Crippen MR) is 528 cm³/mol. The number of carbonyl (C=O) groups excluding carboxylic acids is 3. The van der Waals surface area contributed by atoms with Crippen molar-refractivity contribution in [3.8, 4) is 0 Å². The molecule has 0 heterocycles. The lowest BCUT2D eigenvalue weighted by Gasteiger charge is -2.21. The molecule has 0 fully saturated rings. The SMILES string of the molecule is CC/C=C\C/C=C\C/C=C\C/C=C\C/C=C\C/C=C\CCCCCCCCCCCCC(=O)OCC(COP(=O)(O)OCC(O)COP(=O)(O)OCC(O)COC(=O)CCCCCCCCCCCCCCCCCCCCC/C=C\C/C=C\C/C=C\C/C=C\C/C=C\CC)OC(=O)CCCCCCCCCCC/C=C\C/C=C\C/C=C\C/C=C\C/C=C\CC. The van der Waals surface area contributed by atoms with Crippen LogP contribution >= 0.6 is 15.6 Å². The van der Waals surface area contributed by atoms with Gasteiger partial charge in [-0.05, 0) is 161 Å². The Hall–Kier alpha value is -5.61. The smallest absolute Gasteiger partial charge is 0.463 e. The van der Waals surface area contributed by atoms with Crippen LogP contribution in [0.25, 0.3) is 0 Å². The molecule has 714 valence electrons. The molecule has 0 saturated heterocycles. The van der Waals surface area contributed by atoms with Crippen molar-refractivity contribution >= 4 is 33.6 Å². The second-order valence-electron chi connectivity index (χ2n) is 32.8. The molecule has 16 nitrogen and oxygen atoms in total. The van der Waals surface area contributed by atoms with Gasteiger partial charge in [0.2, 0.25) is 0 Å². The zero-order chi connectivity index (χ0) is 90.7. The summed E-state index contributed by atoms with van der Waals surface area (Å²) in [4.78, 5) is 59.2. The number of esters is 3. The fourth-order valence-electron chi connectivity index (χ4n) is 13.4. The van der Waals surface area contributed by atoms with Gasteiger partial charge in [-0.15, -0.1) is 0 Å². The molecular weight excluding hydrogens is 1600 g/mol. The van der Waals surface area contributed by atoms with Crippen LogP contribution in [0.4, 0.5) is 0 Å². The molecule has 0 aromatic carbocycles. The van der Waals surface area contributed by atoms with E-state index in [1.807, 2.05) is 0 Å². The maximum Gasteiger partial charge on any atom is 0.472 e. The topological polar surface area (TPSA) is 231 Å². The molecule has 5 unspecified atom stereocenters. The van der Waals surface area contributed by atoms with Crippen LogP contribution in [-0.4, -0.2) is 95.9 Å². The van der Waals surface area contributed by atoms with Gasteiger partial charge in [-0.2, -0.15) is 0 Å². The third kappa shape index (κ3) is 98.8. The number of hydrogen-bond acceptors (Lipinski definition) is 14. The number of phosphoric ester groups is 2. The highest BCUT2D eigenvalue weighted by molar-refractivity contribution is 7.47. The molecular formula is C107H180O16P2. The molecule has 0 spiro atoms. The van der Waals surface area contributed by atoms with E-state index in [1.165, 1.54) is 161 Å². The maximum absolute atomic E-state index is 13.1. The Morgan fingerprint density at radius 2 is 0.400 bits per heavy atom. The summed E-state index contributed by atoms with van der Waals surface area (Å²) in [5.74, 6) is -1.58. The van der Waals surface area contributed by atoms with E-state index in [9.17, 15) is 43.5 Å². The lowest BCUT2D eigenvalue weighted by Crippen LogP contribution is -2.30. The number of allylic oxidation sites excluding steroid dienone is 32. The van der Waals surface area contributed by atoms with Gasteiger partial charge < -0.3 is 34.2 Å². The van der Waals surface area contributed by atoms with Crippen LogP contribution < -0.4 is 0 Å². The average molecular weight is 1780 g/mol.